The molecule has 0 fully saturated rings. The number of amides is 1. The van der Waals surface area contributed by atoms with Gasteiger partial charge in [0, 0.05) is 12.4 Å². The Morgan fingerprint density at radius 2 is 2.21 bits per heavy atom. The fraction of sp³-hybridized carbons (Fsp3) is 0.222. The third-order valence-electron chi connectivity index (χ3n) is 3.61. The lowest BCUT2D eigenvalue weighted by molar-refractivity contribution is -0.110. The van der Waals surface area contributed by atoms with E-state index in [1.165, 1.54) is 17.2 Å². The summed E-state index contributed by atoms with van der Waals surface area (Å²) in [6.07, 6.45) is 5.07. The van der Waals surface area contributed by atoms with Gasteiger partial charge in [-0.15, -0.1) is 0 Å². The van der Waals surface area contributed by atoms with Gasteiger partial charge in [0.05, 0.1) is 30.0 Å². The van der Waals surface area contributed by atoms with E-state index in [9.17, 15) is 14.9 Å². The zero-order valence-corrected chi connectivity index (χ0v) is 16.8. The Kier molecular flexibility index (Phi) is 6.41. The Balaban J connectivity index is 1.78. The number of carbonyl (C=O) groups is 2. The van der Waals surface area contributed by atoms with Crippen molar-refractivity contribution in [3.8, 4) is 6.07 Å². The first kappa shape index (κ1) is 20.0. The molecule has 28 heavy (non-hydrogen) atoms. The highest BCUT2D eigenvalue weighted by molar-refractivity contribution is 8.81. The predicted octanol–water partition coefficient (Wildman–Crippen LogP) is 2.85. The minimum atomic E-state index is -0.904. The van der Waals surface area contributed by atoms with Crippen LogP contribution >= 0.6 is 21.8 Å². The quantitative estimate of drug-likeness (QED) is 0.464. The van der Waals surface area contributed by atoms with Gasteiger partial charge in [0.2, 0.25) is 5.12 Å². The SMILES string of the molecule is CN(C)SSC(=O)Cc1cn2cccc(C(=O)NC(C#N)c3ccco3)c2n1. The lowest BCUT2D eigenvalue weighted by Crippen LogP contribution is -2.27. The molecule has 1 N–H and O–H groups in total. The summed E-state index contributed by atoms with van der Waals surface area (Å²) in [5, 5.41) is 11.9. The van der Waals surface area contributed by atoms with Gasteiger partial charge in [0.1, 0.15) is 11.4 Å². The molecule has 0 saturated carbocycles. The topological polar surface area (TPSA) is 104 Å². The van der Waals surface area contributed by atoms with Crippen molar-refractivity contribution < 1.29 is 14.0 Å². The van der Waals surface area contributed by atoms with E-state index in [0.29, 0.717) is 22.7 Å². The van der Waals surface area contributed by atoms with Crippen molar-refractivity contribution >= 4 is 38.4 Å². The van der Waals surface area contributed by atoms with E-state index >= 15 is 0 Å². The molecule has 10 heteroatoms. The zero-order chi connectivity index (χ0) is 20.1. The largest absolute Gasteiger partial charge is 0.466 e. The standard InChI is InChI=1S/C18H17N5O3S2/c1-22(2)28-27-16(24)9-12-11-23-7-3-5-13(17(23)20-12)18(25)21-14(10-19)15-6-4-8-26-15/h3-8,11,14H,9H2,1-2H3,(H,21,25). The van der Waals surface area contributed by atoms with Crippen LogP contribution in [0.5, 0.6) is 0 Å². The number of fused-ring (bicyclic) bond motifs is 1. The second-order valence-electron chi connectivity index (χ2n) is 5.95. The average Bonchev–Trinajstić information content (AvgIpc) is 3.33. The molecule has 144 valence electrons. The minimum Gasteiger partial charge on any atom is -0.466 e. The van der Waals surface area contributed by atoms with Gasteiger partial charge < -0.3 is 14.1 Å². The van der Waals surface area contributed by atoms with E-state index in [0.717, 1.165) is 10.8 Å². The highest BCUT2D eigenvalue weighted by Crippen LogP contribution is 2.25. The molecule has 0 spiro atoms. The van der Waals surface area contributed by atoms with Crippen LogP contribution in [0.15, 0.2) is 47.3 Å². The summed E-state index contributed by atoms with van der Waals surface area (Å²) in [7, 11) is 6.20. The van der Waals surface area contributed by atoms with E-state index in [1.807, 2.05) is 24.5 Å². The van der Waals surface area contributed by atoms with Crippen molar-refractivity contribution in [2.75, 3.05) is 14.1 Å². The summed E-state index contributed by atoms with van der Waals surface area (Å²) in [4.78, 5) is 29.2. The molecule has 3 heterocycles. The van der Waals surface area contributed by atoms with Crippen LogP contribution in [0.4, 0.5) is 0 Å². The van der Waals surface area contributed by atoms with Crippen LogP contribution < -0.4 is 5.32 Å². The van der Waals surface area contributed by atoms with E-state index in [2.05, 4.69) is 10.3 Å². The fourth-order valence-electron chi connectivity index (χ4n) is 2.45. The summed E-state index contributed by atoms with van der Waals surface area (Å²) in [5.74, 6) is -0.0950. The molecule has 0 aliphatic rings. The Hall–Kier alpha value is -2.74. The lowest BCUT2D eigenvalue weighted by Gasteiger charge is -2.09. The molecule has 0 aliphatic carbocycles. The number of nitrogens with one attached hydrogen (secondary N) is 1. The molecule has 1 amide bonds. The molecule has 0 aromatic carbocycles. The van der Waals surface area contributed by atoms with Gasteiger partial charge in [-0.2, -0.15) is 5.26 Å². The number of aromatic nitrogens is 2. The Bertz CT molecular complexity index is 1020. The molecule has 8 nitrogen and oxygen atoms in total. The van der Waals surface area contributed by atoms with Crippen LogP contribution in [0.25, 0.3) is 5.65 Å². The molecule has 1 unspecified atom stereocenters. The van der Waals surface area contributed by atoms with Crippen LogP contribution in [0.1, 0.15) is 27.9 Å². The van der Waals surface area contributed by atoms with Crippen molar-refractivity contribution in [3.63, 3.8) is 0 Å². The van der Waals surface area contributed by atoms with Crippen LogP contribution in [0.3, 0.4) is 0 Å². The summed E-state index contributed by atoms with van der Waals surface area (Å²) in [6, 6.07) is 7.70. The molecule has 0 saturated heterocycles. The van der Waals surface area contributed by atoms with Gasteiger partial charge in [0.15, 0.2) is 6.04 Å². The van der Waals surface area contributed by atoms with Gasteiger partial charge in [-0.1, -0.05) is 0 Å². The predicted molar refractivity (Wildman–Crippen MR) is 107 cm³/mol. The van der Waals surface area contributed by atoms with Crippen molar-refractivity contribution in [2.45, 2.75) is 12.5 Å². The maximum absolute atomic E-state index is 12.7. The van der Waals surface area contributed by atoms with Gasteiger partial charge in [-0.05, 0) is 60.1 Å². The zero-order valence-electron chi connectivity index (χ0n) is 15.2. The molecule has 3 aromatic heterocycles. The fourth-order valence-corrected chi connectivity index (χ4v) is 3.76. The van der Waals surface area contributed by atoms with Crippen LogP contribution in [-0.2, 0) is 11.2 Å². The number of carbonyl (C=O) groups excluding carboxylic acids is 2. The Morgan fingerprint density at radius 3 is 2.89 bits per heavy atom. The second-order valence-corrected chi connectivity index (χ2v) is 8.40. The first-order chi connectivity index (χ1) is 13.5. The molecule has 3 aromatic rings. The van der Waals surface area contributed by atoms with Gasteiger partial charge in [-0.3, -0.25) is 9.59 Å². The van der Waals surface area contributed by atoms with Crippen molar-refractivity contribution in [3.05, 3.63) is 59.9 Å². The van der Waals surface area contributed by atoms with E-state index in [4.69, 9.17) is 4.42 Å². The number of imidazole rings is 1. The lowest BCUT2D eigenvalue weighted by atomic mass is 10.2. The smallest absolute Gasteiger partial charge is 0.256 e. The van der Waals surface area contributed by atoms with E-state index in [-0.39, 0.29) is 11.5 Å². The Labute approximate surface area is 169 Å². The van der Waals surface area contributed by atoms with Gasteiger partial charge >= 0.3 is 0 Å². The van der Waals surface area contributed by atoms with Crippen molar-refractivity contribution in [1.82, 2.24) is 19.0 Å². The van der Waals surface area contributed by atoms with Crippen molar-refractivity contribution in [2.24, 2.45) is 0 Å². The molecule has 0 radical (unpaired) electrons. The van der Waals surface area contributed by atoms with Gasteiger partial charge in [-0.25, -0.2) is 9.29 Å². The first-order valence-corrected chi connectivity index (χ1v) is 10.3. The highest BCUT2D eigenvalue weighted by Gasteiger charge is 2.20. The van der Waals surface area contributed by atoms with E-state index in [1.54, 1.807) is 41.1 Å². The molecule has 0 aliphatic heterocycles. The number of nitriles is 1. The maximum Gasteiger partial charge on any atom is 0.256 e. The first-order valence-electron chi connectivity index (χ1n) is 8.23. The number of hydrogen-bond donors (Lipinski definition) is 1. The third-order valence-corrected chi connectivity index (χ3v) is 5.99. The number of rotatable bonds is 7. The molecule has 1 atom stereocenters. The monoisotopic (exact) mass is 415 g/mol. The minimum absolute atomic E-state index is 0.0320. The van der Waals surface area contributed by atoms with Crippen LogP contribution in [-0.4, -0.2) is 38.8 Å². The summed E-state index contributed by atoms with van der Waals surface area (Å²) in [5.41, 5.74) is 1.30. The molecule has 3 rings (SSSR count). The highest BCUT2D eigenvalue weighted by atomic mass is 33.1. The van der Waals surface area contributed by atoms with Crippen LogP contribution in [0.2, 0.25) is 0 Å². The molecule has 0 bridgehead atoms. The van der Waals surface area contributed by atoms with Crippen LogP contribution in [0, 0.1) is 11.3 Å². The third kappa shape index (κ3) is 4.75. The number of nitrogens with zero attached hydrogens (tertiary/aromatic N) is 4. The van der Waals surface area contributed by atoms with E-state index < -0.39 is 11.9 Å². The summed E-state index contributed by atoms with van der Waals surface area (Å²) < 4.78 is 8.72. The molecular weight excluding hydrogens is 398 g/mol. The van der Waals surface area contributed by atoms with Gasteiger partial charge in [0.25, 0.3) is 5.91 Å². The average molecular weight is 416 g/mol. The molecular formula is C18H17N5O3S2. The normalized spacial score (nSPS) is 12.1. The number of hydrogen-bond acceptors (Lipinski definition) is 8. The summed E-state index contributed by atoms with van der Waals surface area (Å²) in [6.45, 7) is 0. The maximum atomic E-state index is 12.7. The van der Waals surface area contributed by atoms with Crippen molar-refractivity contribution in [1.29, 1.82) is 5.26 Å². The second kappa shape index (κ2) is 8.97. The number of furan rings is 1. The number of pyridine rings is 1. The summed E-state index contributed by atoms with van der Waals surface area (Å²) >= 11 is 0. The Morgan fingerprint density at radius 1 is 1.39 bits per heavy atom.